The van der Waals surface area contributed by atoms with Gasteiger partial charge in [-0.25, -0.2) is 0 Å². The number of amides is 1. The number of carbonyl (C=O) groups excluding carboxylic acids is 1. The Hall–Kier alpha value is -1.36. The van der Waals surface area contributed by atoms with E-state index in [2.05, 4.69) is 26.9 Å². The minimum atomic E-state index is 0.0154. The lowest BCUT2D eigenvalue weighted by atomic mass is 9.86. The maximum absolute atomic E-state index is 13.0. The van der Waals surface area contributed by atoms with Gasteiger partial charge < -0.3 is 9.80 Å². The number of nitrogens with zero attached hydrogens (tertiary/aromatic N) is 3. The van der Waals surface area contributed by atoms with E-state index >= 15 is 0 Å². The molecule has 1 aromatic heterocycles. The molecule has 1 aliphatic carbocycles. The molecule has 0 saturated carbocycles. The predicted molar refractivity (Wildman–Crippen MR) is 91.4 cm³/mol. The van der Waals surface area contributed by atoms with Gasteiger partial charge in [-0.1, -0.05) is 12.8 Å². The Bertz CT molecular complexity index is 505. The lowest BCUT2D eigenvalue weighted by Crippen LogP contribution is -2.41. The maximum atomic E-state index is 13.0. The van der Waals surface area contributed by atoms with E-state index in [4.69, 9.17) is 0 Å². The second kappa shape index (κ2) is 7.95. The third-order valence-electron chi connectivity index (χ3n) is 5.42. The number of aromatic amines is 1. The summed E-state index contributed by atoms with van der Waals surface area (Å²) in [5.74, 6) is 0.311. The van der Waals surface area contributed by atoms with E-state index in [-0.39, 0.29) is 5.92 Å². The third kappa shape index (κ3) is 3.94. The fourth-order valence-corrected chi connectivity index (χ4v) is 3.98. The summed E-state index contributed by atoms with van der Waals surface area (Å²) >= 11 is 0. The highest BCUT2D eigenvalue weighted by molar-refractivity contribution is 5.84. The molecule has 1 amide bonds. The number of nitrogens with one attached hydrogen (secondary N) is 1. The number of hydrogen-bond donors (Lipinski definition) is 1. The first-order valence-electron chi connectivity index (χ1n) is 9.33. The van der Waals surface area contributed by atoms with E-state index in [9.17, 15) is 4.79 Å². The van der Waals surface area contributed by atoms with Gasteiger partial charge >= 0.3 is 0 Å². The Kier molecular flexibility index (Phi) is 5.70. The van der Waals surface area contributed by atoms with Crippen molar-refractivity contribution in [2.75, 3.05) is 32.7 Å². The standard InChI is InChI=1S/C18H30N4O/c1-2-22(13-12-21-10-5-3-4-6-11-21)18(23)15-8-7-9-17-16(15)14-19-20-17/h14-15H,2-13H2,1H3,(H,19,20). The molecule has 2 aliphatic rings. The Morgan fingerprint density at radius 1 is 1.30 bits per heavy atom. The minimum absolute atomic E-state index is 0.0154. The van der Waals surface area contributed by atoms with Gasteiger partial charge in [-0.3, -0.25) is 9.89 Å². The Labute approximate surface area is 139 Å². The second-order valence-electron chi connectivity index (χ2n) is 6.92. The van der Waals surface area contributed by atoms with Gasteiger partial charge in [0.15, 0.2) is 0 Å². The summed E-state index contributed by atoms with van der Waals surface area (Å²) in [4.78, 5) is 17.6. The molecule has 3 rings (SSSR count). The van der Waals surface area contributed by atoms with Crippen molar-refractivity contribution in [2.24, 2.45) is 0 Å². The second-order valence-corrected chi connectivity index (χ2v) is 6.92. The zero-order valence-corrected chi connectivity index (χ0v) is 14.4. The van der Waals surface area contributed by atoms with Crippen LogP contribution in [0.2, 0.25) is 0 Å². The van der Waals surface area contributed by atoms with Crippen LogP contribution in [0.1, 0.15) is 62.6 Å². The molecule has 1 N–H and O–H groups in total. The quantitative estimate of drug-likeness (QED) is 0.908. The highest BCUT2D eigenvalue weighted by Gasteiger charge is 2.30. The van der Waals surface area contributed by atoms with Gasteiger partial charge in [0.1, 0.15) is 0 Å². The van der Waals surface area contributed by atoms with Crippen LogP contribution >= 0.6 is 0 Å². The molecular weight excluding hydrogens is 288 g/mol. The Morgan fingerprint density at radius 2 is 2.09 bits per heavy atom. The van der Waals surface area contributed by atoms with Crippen LogP contribution in [0.5, 0.6) is 0 Å². The molecule has 1 saturated heterocycles. The monoisotopic (exact) mass is 318 g/mol. The van der Waals surface area contributed by atoms with Crippen molar-refractivity contribution >= 4 is 5.91 Å². The maximum Gasteiger partial charge on any atom is 0.230 e. The molecule has 2 heterocycles. The van der Waals surface area contributed by atoms with Crippen LogP contribution in [0, 0.1) is 0 Å². The molecule has 1 unspecified atom stereocenters. The number of aryl methyl sites for hydroxylation is 1. The molecular formula is C18H30N4O. The van der Waals surface area contributed by atoms with Crippen LogP contribution < -0.4 is 0 Å². The number of likely N-dealkylation sites (N-methyl/N-ethyl adjacent to an activating group) is 1. The topological polar surface area (TPSA) is 52.2 Å². The third-order valence-corrected chi connectivity index (χ3v) is 5.42. The molecule has 0 radical (unpaired) electrons. The van der Waals surface area contributed by atoms with Crippen molar-refractivity contribution in [2.45, 2.75) is 57.8 Å². The first-order valence-corrected chi connectivity index (χ1v) is 9.33. The summed E-state index contributed by atoms with van der Waals surface area (Å²) in [7, 11) is 0. The summed E-state index contributed by atoms with van der Waals surface area (Å²) < 4.78 is 0. The smallest absolute Gasteiger partial charge is 0.230 e. The van der Waals surface area contributed by atoms with Crippen molar-refractivity contribution < 1.29 is 4.79 Å². The zero-order chi connectivity index (χ0) is 16.1. The first kappa shape index (κ1) is 16.5. The number of likely N-dealkylation sites (tertiary alicyclic amines) is 1. The van der Waals surface area contributed by atoms with Crippen molar-refractivity contribution in [1.82, 2.24) is 20.0 Å². The van der Waals surface area contributed by atoms with Crippen LogP contribution in [0.3, 0.4) is 0 Å². The van der Waals surface area contributed by atoms with E-state index < -0.39 is 0 Å². The fourth-order valence-electron chi connectivity index (χ4n) is 3.98. The molecule has 5 heteroatoms. The summed E-state index contributed by atoms with van der Waals surface area (Å²) in [5.41, 5.74) is 2.30. The van der Waals surface area contributed by atoms with Gasteiger partial charge in [-0.05, 0) is 52.1 Å². The number of rotatable bonds is 5. The SMILES string of the molecule is CCN(CCN1CCCCCC1)C(=O)C1CCCc2[nH]ncc21. The highest BCUT2D eigenvalue weighted by atomic mass is 16.2. The highest BCUT2D eigenvalue weighted by Crippen LogP contribution is 2.31. The molecule has 128 valence electrons. The van der Waals surface area contributed by atoms with E-state index in [1.807, 2.05) is 6.20 Å². The van der Waals surface area contributed by atoms with Crippen molar-refractivity contribution in [3.63, 3.8) is 0 Å². The average Bonchev–Trinajstić information content (AvgIpc) is 2.91. The lowest BCUT2D eigenvalue weighted by Gasteiger charge is -2.30. The number of H-pyrrole nitrogens is 1. The molecule has 0 aromatic carbocycles. The average molecular weight is 318 g/mol. The fraction of sp³-hybridized carbons (Fsp3) is 0.778. The first-order chi connectivity index (χ1) is 11.3. The molecule has 5 nitrogen and oxygen atoms in total. The zero-order valence-electron chi connectivity index (χ0n) is 14.4. The number of carbonyl (C=O) groups is 1. The number of aromatic nitrogens is 2. The van der Waals surface area contributed by atoms with Crippen LogP contribution in [-0.2, 0) is 11.2 Å². The van der Waals surface area contributed by atoms with Gasteiger partial charge in [-0.2, -0.15) is 5.10 Å². The summed E-state index contributed by atoms with van der Waals surface area (Å²) in [6, 6.07) is 0. The van der Waals surface area contributed by atoms with Gasteiger partial charge in [0.2, 0.25) is 5.91 Å². The molecule has 1 atom stereocenters. The summed E-state index contributed by atoms with van der Waals surface area (Å²) in [6.45, 7) is 7.17. The van der Waals surface area contributed by atoms with Crippen molar-refractivity contribution in [3.05, 3.63) is 17.5 Å². The Balaban J connectivity index is 1.59. The Morgan fingerprint density at radius 3 is 2.83 bits per heavy atom. The van der Waals surface area contributed by atoms with Gasteiger partial charge in [0.05, 0.1) is 12.1 Å². The molecule has 23 heavy (non-hydrogen) atoms. The normalized spacial score (nSPS) is 22.4. The van der Waals surface area contributed by atoms with Gasteiger partial charge in [0.25, 0.3) is 0 Å². The molecule has 0 spiro atoms. The molecule has 0 bridgehead atoms. The van der Waals surface area contributed by atoms with Crippen molar-refractivity contribution in [1.29, 1.82) is 0 Å². The van der Waals surface area contributed by atoms with E-state index in [0.29, 0.717) is 5.91 Å². The molecule has 1 aromatic rings. The summed E-state index contributed by atoms with van der Waals surface area (Å²) in [5, 5.41) is 7.21. The molecule has 1 aliphatic heterocycles. The summed E-state index contributed by atoms with van der Waals surface area (Å²) in [6.07, 6.45) is 10.3. The minimum Gasteiger partial charge on any atom is -0.341 e. The lowest BCUT2D eigenvalue weighted by molar-refractivity contribution is -0.133. The van der Waals surface area contributed by atoms with E-state index in [1.54, 1.807) is 0 Å². The van der Waals surface area contributed by atoms with Gasteiger partial charge in [-0.15, -0.1) is 0 Å². The number of hydrogen-bond acceptors (Lipinski definition) is 3. The van der Waals surface area contributed by atoms with Crippen LogP contribution in [0.4, 0.5) is 0 Å². The molecule has 1 fully saturated rings. The van der Waals surface area contributed by atoms with E-state index in [1.165, 1.54) is 38.8 Å². The van der Waals surface area contributed by atoms with Crippen LogP contribution in [0.25, 0.3) is 0 Å². The van der Waals surface area contributed by atoms with E-state index in [0.717, 1.165) is 50.2 Å². The van der Waals surface area contributed by atoms with Gasteiger partial charge in [0, 0.05) is 30.9 Å². The number of fused-ring (bicyclic) bond motifs is 1. The van der Waals surface area contributed by atoms with Crippen LogP contribution in [0.15, 0.2) is 6.20 Å². The van der Waals surface area contributed by atoms with Crippen LogP contribution in [-0.4, -0.2) is 58.6 Å². The van der Waals surface area contributed by atoms with Crippen molar-refractivity contribution in [3.8, 4) is 0 Å². The largest absolute Gasteiger partial charge is 0.341 e. The predicted octanol–water partition coefficient (Wildman–Crippen LogP) is 2.55.